The molecule has 0 amide bonds. The van der Waals surface area contributed by atoms with Crippen LogP contribution in [0.15, 0.2) is 46.0 Å². The van der Waals surface area contributed by atoms with Crippen LogP contribution in [0.5, 0.6) is 0 Å². The van der Waals surface area contributed by atoms with E-state index in [1.165, 1.54) is 12.3 Å². The highest BCUT2D eigenvalue weighted by atomic mass is 35.5. The molecular weight excluding hydrogens is 261 g/mol. The van der Waals surface area contributed by atoms with Gasteiger partial charge in [0.25, 0.3) is 0 Å². The highest BCUT2D eigenvalue weighted by molar-refractivity contribution is 6.32. The summed E-state index contributed by atoms with van der Waals surface area (Å²) in [5.74, 6) is 0. The lowest BCUT2D eigenvalue weighted by molar-refractivity contribution is 0.111. The third-order valence-electron chi connectivity index (χ3n) is 2.04. The second-order valence-electron chi connectivity index (χ2n) is 3.20. The first-order chi connectivity index (χ1) is 8.20. The molecule has 0 N–H and O–H groups in total. The monoisotopic (exact) mass is 267 g/mol. The summed E-state index contributed by atoms with van der Waals surface area (Å²) in [6, 6.07) is 8.38. The van der Waals surface area contributed by atoms with Crippen molar-refractivity contribution in [1.29, 1.82) is 0 Å². The summed E-state index contributed by atoms with van der Waals surface area (Å²) in [7, 11) is 0. The zero-order valence-electron chi connectivity index (χ0n) is 8.56. The number of hydrogen-bond donors (Lipinski definition) is 0. The predicted molar refractivity (Wildman–Crippen MR) is 65.8 cm³/mol. The molecule has 1 aromatic heterocycles. The lowest BCUT2D eigenvalue weighted by Gasteiger charge is -1.97. The van der Waals surface area contributed by atoms with Crippen LogP contribution in [-0.2, 0) is 0 Å². The first-order valence-corrected chi connectivity index (χ1v) is 5.49. The van der Waals surface area contributed by atoms with Crippen LogP contribution in [0.1, 0.15) is 10.4 Å². The van der Waals surface area contributed by atoms with Gasteiger partial charge in [-0.2, -0.15) is 0 Å². The van der Waals surface area contributed by atoms with Gasteiger partial charge >= 0.3 is 0 Å². The Morgan fingerprint density at radius 1 is 1.24 bits per heavy atom. The van der Waals surface area contributed by atoms with Crippen molar-refractivity contribution >= 4 is 35.2 Å². The van der Waals surface area contributed by atoms with E-state index in [1.54, 1.807) is 24.3 Å². The van der Waals surface area contributed by atoms with Gasteiger partial charge in [-0.05, 0) is 24.3 Å². The summed E-state index contributed by atoms with van der Waals surface area (Å²) < 4.78 is 5.15. The molecule has 86 valence electrons. The van der Waals surface area contributed by atoms with Gasteiger partial charge in [0.1, 0.15) is 0 Å². The fourth-order valence-electron chi connectivity index (χ4n) is 1.27. The minimum absolute atomic E-state index is 0.162. The minimum atomic E-state index is 0.162. The maximum absolute atomic E-state index is 10.9. The fraction of sp³-hybridized carbons (Fsp3) is 0. The van der Waals surface area contributed by atoms with Crippen LogP contribution in [0.3, 0.4) is 0 Å². The number of halogens is 2. The number of carbonyl (C=O) groups is 1. The standard InChI is InChI=1S/C12H7Cl2NO2/c13-8-2-1-3-9(6-8)15-12-10(7-16)11(14)4-5-17-12/h1-7H. The molecule has 2 rings (SSSR count). The van der Waals surface area contributed by atoms with E-state index in [4.69, 9.17) is 27.6 Å². The quantitative estimate of drug-likeness (QED) is 0.780. The molecule has 0 radical (unpaired) electrons. The van der Waals surface area contributed by atoms with Gasteiger partial charge < -0.3 is 4.42 Å². The topological polar surface area (TPSA) is 42.6 Å². The highest BCUT2D eigenvalue weighted by Gasteiger charge is 2.03. The molecule has 0 bridgehead atoms. The molecule has 0 saturated heterocycles. The van der Waals surface area contributed by atoms with Crippen molar-refractivity contribution in [1.82, 2.24) is 0 Å². The van der Waals surface area contributed by atoms with Crippen molar-refractivity contribution in [2.45, 2.75) is 0 Å². The van der Waals surface area contributed by atoms with Crippen LogP contribution in [0.4, 0.5) is 5.69 Å². The van der Waals surface area contributed by atoms with Crippen LogP contribution in [0.25, 0.3) is 0 Å². The van der Waals surface area contributed by atoms with E-state index in [1.807, 2.05) is 0 Å². The molecule has 0 fully saturated rings. The van der Waals surface area contributed by atoms with Crippen molar-refractivity contribution in [3.05, 3.63) is 57.8 Å². The Labute approximate surface area is 107 Å². The third kappa shape index (κ3) is 2.75. The normalized spacial score (nSPS) is 11.5. The molecule has 5 heteroatoms. The van der Waals surface area contributed by atoms with Gasteiger partial charge in [0.2, 0.25) is 5.55 Å². The van der Waals surface area contributed by atoms with Crippen LogP contribution in [-0.4, -0.2) is 6.29 Å². The number of benzene rings is 1. The number of carbonyl (C=O) groups excluding carboxylic acids is 1. The Bertz CT molecular complexity index is 620. The van der Waals surface area contributed by atoms with E-state index in [0.717, 1.165) is 0 Å². The van der Waals surface area contributed by atoms with Gasteiger partial charge in [0.05, 0.1) is 22.5 Å². The smallest absolute Gasteiger partial charge is 0.231 e. The fourth-order valence-corrected chi connectivity index (χ4v) is 1.63. The summed E-state index contributed by atoms with van der Waals surface area (Å²) >= 11 is 11.7. The number of nitrogens with zero attached hydrogens (tertiary/aromatic N) is 1. The molecule has 1 aromatic carbocycles. The third-order valence-corrected chi connectivity index (χ3v) is 2.60. The first kappa shape index (κ1) is 11.9. The van der Waals surface area contributed by atoms with Crippen LogP contribution in [0.2, 0.25) is 10.0 Å². The first-order valence-electron chi connectivity index (χ1n) is 4.73. The zero-order chi connectivity index (χ0) is 12.3. The highest BCUT2D eigenvalue weighted by Crippen LogP contribution is 2.17. The molecule has 0 atom stereocenters. The lowest BCUT2D eigenvalue weighted by Crippen LogP contribution is -2.08. The minimum Gasteiger partial charge on any atom is -0.446 e. The van der Waals surface area contributed by atoms with Gasteiger partial charge in [-0.1, -0.05) is 29.3 Å². The lowest BCUT2D eigenvalue weighted by atomic mass is 10.3. The second kappa shape index (κ2) is 5.17. The van der Waals surface area contributed by atoms with E-state index >= 15 is 0 Å². The summed E-state index contributed by atoms with van der Waals surface area (Å²) in [5.41, 5.74) is 0.968. The molecule has 0 aliphatic heterocycles. The Morgan fingerprint density at radius 2 is 2.06 bits per heavy atom. The van der Waals surface area contributed by atoms with Crippen LogP contribution < -0.4 is 5.55 Å². The van der Waals surface area contributed by atoms with Crippen molar-refractivity contribution in [2.75, 3.05) is 0 Å². The second-order valence-corrected chi connectivity index (χ2v) is 4.04. The van der Waals surface area contributed by atoms with Crippen molar-refractivity contribution < 1.29 is 9.21 Å². The SMILES string of the molecule is O=Cc1c(Cl)ccoc1=Nc1cccc(Cl)c1. The Morgan fingerprint density at radius 3 is 2.76 bits per heavy atom. The van der Waals surface area contributed by atoms with Crippen molar-refractivity contribution in [2.24, 2.45) is 4.99 Å². The van der Waals surface area contributed by atoms with E-state index in [-0.39, 0.29) is 11.1 Å². The van der Waals surface area contributed by atoms with Crippen molar-refractivity contribution in [3.63, 3.8) is 0 Å². The van der Waals surface area contributed by atoms with Crippen LogP contribution in [0, 0.1) is 0 Å². The molecule has 0 aliphatic rings. The largest absolute Gasteiger partial charge is 0.446 e. The van der Waals surface area contributed by atoms with E-state index in [9.17, 15) is 4.79 Å². The summed E-state index contributed by atoms with van der Waals surface area (Å²) in [6.07, 6.45) is 1.98. The molecule has 2 aromatic rings. The molecule has 1 heterocycles. The van der Waals surface area contributed by atoms with E-state index in [2.05, 4.69) is 4.99 Å². The molecule has 0 saturated carbocycles. The Kier molecular flexibility index (Phi) is 3.61. The van der Waals surface area contributed by atoms with E-state index < -0.39 is 0 Å². The maximum atomic E-state index is 10.9. The van der Waals surface area contributed by atoms with Crippen LogP contribution >= 0.6 is 23.2 Å². The predicted octanol–water partition coefficient (Wildman–Crippen LogP) is 3.63. The summed E-state index contributed by atoms with van der Waals surface area (Å²) in [4.78, 5) is 15.0. The molecule has 3 nitrogen and oxygen atoms in total. The molecule has 0 spiro atoms. The molecule has 0 unspecified atom stereocenters. The number of aldehydes is 1. The Hall–Kier alpha value is -1.58. The number of hydrogen-bond acceptors (Lipinski definition) is 3. The molecule has 17 heavy (non-hydrogen) atoms. The number of rotatable bonds is 2. The van der Waals surface area contributed by atoms with Gasteiger partial charge in [0, 0.05) is 5.02 Å². The van der Waals surface area contributed by atoms with E-state index in [0.29, 0.717) is 22.0 Å². The van der Waals surface area contributed by atoms with Gasteiger partial charge in [-0.15, -0.1) is 0 Å². The maximum Gasteiger partial charge on any atom is 0.231 e. The average molecular weight is 268 g/mol. The van der Waals surface area contributed by atoms with Gasteiger partial charge in [0.15, 0.2) is 6.29 Å². The molecular formula is C12H7Cl2NO2. The molecule has 0 aliphatic carbocycles. The zero-order valence-corrected chi connectivity index (χ0v) is 10.1. The Balaban J connectivity index is 2.61. The van der Waals surface area contributed by atoms with Crippen molar-refractivity contribution in [3.8, 4) is 0 Å². The average Bonchev–Trinajstić information content (AvgIpc) is 2.29. The van der Waals surface area contributed by atoms with Gasteiger partial charge in [-0.3, -0.25) is 4.79 Å². The summed E-state index contributed by atoms with van der Waals surface area (Å²) in [5, 5.41) is 0.855. The summed E-state index contributed by atoms with van der Waals surface area (Å²) in [6.45, 7) is 0. The van der Waals surface area contributed by atoms with Gasteiger partial charge in [-0.25, -0.2) is 4.99 Å².